The highest BCUT2D eigenvalue weighted by Crippen LogP contribution is 2.40. The molecule has 0 bridgehead atoms. The normalized spacial score (nSPS) is 11.3. The third kappa shape index (κ3) is 3.40. The van der Waals surface area contributed by atoms with Crippen LogP contribution in [0.4, 0.5) is 0 Å². The van der Waals surface area contributed by atoms with Crippen molar-refractivity contribution in [2.24, 2.45) is 0 Å². The number of nitrogens with zero attached hydrogens (tertiary/aromatic N) is 2. The van der Waals surface area contributed by atoms with E-state index in [1.807, 2.05) is 43.7 Å². The van der Waals surface area contributed by atoms with E-state index in [4.69, 9.17) is 0 Å². The minimum absolute atomic E-state index is 0.187. The molecule has 144 valence electrons. The summed E-state index contributed by atoms with van der Waals surface area (Å²) in [6.07, 6.45) is 7.09. The van der Waals surface area contributed by atoms with Gasteiger partial charge in [-0.1, -0.05) is 91.9 Å². The van der Waals surface area contributed by atoms with Gasteiger partial charge in [0.05, 0.1) is 6.33 Å². The number of rotatable bonds is 7. The smallest absolute Gasteiger partial charge is 0.162 e. The second kappa shape index (κ2) is 8.27. The number of carbonyl (C=O) groups is 1. The summed E-state index contributed by atoms with van der Waals surface area (Å²) in [4.78, 5) is 16.7. The molecule has 0 unspecified atom stereocenters. The lowest BCUT2D eigenvalue weighted by molar-refractivity contribution is 0.0981. The topological polar surface area (TPSA) is 34.9 Å². The average Bonchev–Trinajstić information content (AvgIpc) is 3.32. The summed E-state index contributed by atoms with van der Waals surface area (Å²) in [7, 11) is 0. The first-order chi connectivity index (χ1) is 14.3. The molecule has 1 aromatic heterocycles. The maximum absolute atomic E-state index is 12.4. The maximum Gasteiger partial charge on any atom is 0.162 e. The molecule has 0 aliphatic heterocycles. The molecule has 1 heterocycles. The van der Waals surface area contributed by atoms with Crippen molar-refractivity contribution in [2.45, 2.75) is 25.3 Å². The standard InChI is InChI=1S/C26H24N2O/c1-2-9-25(29)21-14-16-24(17-15-21)26(28-19-18-27-20-28,22-10-5-3-6-11-22)23-12-7-4-8-13-23/h3-8,10-20H,2,9H2,1H3. The molecule has 0 saturated heterocycles. The van der Waals surface area contributed by atoms with Crippen molar-refractivity contribution in [1.82, 2.24) is 9.55 Å². The number of Topliss-reactive ketones (excluding diaryl/α,β-unsaturated/α-hetero) is 1. The van der Waals surface area contributed by atoms with Gasteiger partial charge in [-0.05, 0) is 23.1 Å². The first-order valence-corrected chi connectivity index (χ1v) is 10.00. The van der Waals surface area contributed by atoms with Crippen molar-refractivity contribution >= 4 is 5.78 Å². The molecule has 0 spiro atoms. The molecule has 0 fully saturated rings. The van der Waals surface area contributed by atoms with E-state index in [2.05, 4.69) is 70.2 Å². The largest absolute Gasteiger partial charge is 0.319 e. The Morgan fingerprint density at radius 1 is 0.828 bits per heavy atom. The van der Waals surface area contributed by atoms with Crippen LogP contribution in [0.1, 0.15) is 46.8 Å². The Balaban J connectivity index is 1.97. The molecule has 29 heavy (non-hydrogen) atoms. The summed E-state index contributed by atoms with van der Waals surface area (Å²) in [6, 6.07) is 28.9. The van der Waals surface area contributed by atoms with Gasteiger partial charge in [0, 0.05) is 24.4 Å². The van der Waals surface area contributed by atoms with E-state index in [9.17, 15) is 4.79 Å². The summed E-state index contributed by atoms with van der Waals surface area (Å²) in [6.45, 7) is 2.03. The third-order valence-electron chi connectivity index (χ3n) is 5.38. The van der Waals surface area contributed by atoms with E-state index < -0.39 is 5.54 Å². The van der Waals surface area contributed by atoms with Gasteiger partial charge >= 0.3 is 0 Å². The van der Waals surface area contributed by atoms with Crippen LogP contribution in [0.3, 0.4) is 0 Å². The highest BCUT2D eigenvalue weighted by molar-refractivity contribution is 5.96. The van der Waals surface area contributed by atoms with Gasteiger partial charge in [0.25, 0.3) is 0 Å². The lowest BCUT2D eigenvalue weighted by atomic mass is 9.76. The second-order valence-electron chi connectivity index (χ2n) is 7.16. The summed E-state index contributed by atoms with van der Waals surface area (Å²) in [5.74, 6) is 0.187. The van der Waals surface area contributed by atoms with E-state index in [1.54, 1.807) is 6.20 Å². The zero-order chi connectivity index (χ0) is 20.1. The van der Waals surface area contributed by atoms with E-state index in [0.717, 1.165) is 28.7 Å². The Hall–Kier alpha value is -3.46. The van der Waals surface area contributed by atoms with Crippen LogP contribution in [0, 0.1) is 0 Å². The molecule has 0 N–H and O–H groups in total. The molecule has 0 aliphatic rings. The fourth-order valence-electron chi connectivity index (χ4n) is 4.03. The monoisotopic (exact) mass is 380 g/mol. The molecule has 0 saturated carbocycles. The molecular weight excluding hydrogens is 356 g/mol. The SMILES string of the molecule is CCCC(=O)c1ccc(C(c2ccccc2)(c2ccccc2)n2ccnc2)cc1. The second-order valence-corrected chi connectivity index (χ2v) is 7.16. The Morgan fingerprint density at radius 2 is 1.38 bits per heavy atom. The van der Waals surface area contributed by atoms with Crippen molar-refractivity contribution in [3.8, 4) is 0 Å². The first-order valence-electron chi connectivity index (χ1n) is 10.00. The Kier molecular flexibility index (Phi) is 5.39. The molecule has 3 nitrogen and oxygen atoms in total. The quantitative estimate of drug-likeness (QED) is 0.304. The van der Waals surface area contributed by atoms with Crippen LogP contribution in [0.25, 0.3) is 0 Å². The third-order valence-corrected chi connectivity index (χ3v) is 5.38. The molecule has 0 amide bonds. The van der Waals surface area contributed by atoms with Crippen LogP contribution in [0.15, 0.2) is 104 Å². The van der Waals surface area contributed by atoms with Gasteiger partial charge in [-0.2, -0.15) is 0 Å². The minimum atomic E-state index is -0.578. The maximum atomic E-state index is 12.4. The predicted octanol–water partition coefficient (Wildman–Crippen LogP) is 5.71. The van der Waals surface area contributed by atoms with Crippen LogP contribution in [-0.4, -0.2) is 15.3 Å². The van der Waals surface area contributed by atoms with E-state index in [0.29, 0.717) is 6.42 Å². The van der Waals surface area contributed by atoms with Gasteiger partial charge in [-0.15, -0.1) is 0 Å². The van der Waals surface area contributed by atoms with Crippen LogP contribution in [-0.2, 0) is 5.54 Å². The van der Waals surface area contributed by atoms with Crippen LogP contribution >= 0.6 is 0 Å². The average molecular weight is 380 g/mol. The Labute approximate surface area is 171 Å². The highest BCUT2D eigenvalue weighted by Gasteiger charge is 2.38. The van der Waals surface area contributed by atoms with Crippen LogP contribution in [0.5, 0.6) is 0 Å². The molecular formula is C26H24N2O. The fraction of sp³-hybridized carbons (Fsp3) is 0.154. The van der Waals surface area contributed by atoms with E-state index in [-0.39, 0.29) is 5.78 Å². The molecule has 3 aromatic carbocycles. The van der Waals surface area contributed by atoms with Gasteiger partial charge in [-0.3, -0.25) is 4.79 Å². The number of benzene rings is 3. The Morgan fingerprint density at radius 3 is 1.86 bits per heavy atom. The number of ketones is 1. The summed E-state index contributed by atoms with van der Waals surface area (Å²) < 4.78 is 2.14. The van der Waals surface area contributed by atoms with Gasteiger partial charge in [0.1, 0.15) is 5.54 Å². The van der Waals surface area contributed by atoms with Crippen molar-refractivity contribution in [3.05, 3.63) is 126 Å². The molecule has 3 heteroatoms. The van der Waals surface area contributed by atoms with Gasteiger partial charge in [0.2, 0.25) is 0 Å². The predicted molar refractivity (Wildman–Crippen MR) is 116 cm³/mol. The Bertz CT molecular complexity index is 1010. The van der Waals surface area contributed by atoms with Gasteiger partial charge in [0.15, 0.2) is 5.78 Å². The lowest BCUT2D eigenvalue weighted by Gasteiger charge is -2.37. The number of imidazole rings is 1. The zero-order valence-electron chi connectivity index (χ0n) is 16.5. The molecule has 0 aliphatic carbocycles. The molecule has 0 radical (unpaired) electrons. The molecule has 4 rings (SSSR count). The van der Waals surface area contributed by atoms with Crippen LogP contribution in [0.2, 0.25) is 0 Å². The molecule has 0 atom stereocenters. The summed E-state index contributed by atoms with van der Waals surface area (Å²) in [5.41, 5.74) is 3.54. The number of carbonyl (C=O) groups excluding carboxylic acids is 1. The number of aromatic nitrogens is 2. The van der Waals surface area contributed by atoms with Crippen LogP contribution < -0.4 is 0 Å². The van der Waals surface area contributed by atoms with Crippen molar-refractivity contribution in [2.75, 3.05) is 0 Å². The van der Waals surface area contributed by atoms with Crippen molar-refractivity contribution < 1.29 is 4.79 Å². The number of hydrogen-bond donors (Lipinski definition) is 0. The van der Waals surface area contributed by atoms with Crippen molar-refractivity contribution in [1.29, 1.82) is 0 Å². The van der Waals surface area contributed by atoms with E-state index in [1.165, 1.54) is 0 Å². The summed E-state index contributed by atoms with van der Waals surface area (Å²) in [5, 5.41) is 0. The van der Waals surface area contributed by atoms with Crippen molar-refractivity contribution in [3.63, 3.8) is 0 Å². The van der Waals surface area contributed by atoms with Gasteiger partial charge < -0.3 is 4.57 Å². The first kappa shape index (κ1) is 18.9. The summed E-state index contributed by atoms with van der Waals surface area (Å²) >= 11 is 0. The molecule has 4 aromatic rings. The number of hydrogen-bond acceptors (Lipinski definition) is 2. The minimum Gasteiger partial charge on any atom is -0.319 e. The fourth-order valence-corrected chi connectivity index (χ4v) is 4.03. The van der Waals surface area contributed by atoms with Gasteiger partial charge in [-0.25, -0.2) is 4.98 Å². The lowest BCUT2D eigenvalue weighted by Crippen LogP contribution is -2.37. The highest BCUT2D eigenvalue weighted by atomic mass is 16.1. The van der Waals surface area contributed by atoms with E-state index >= 15 is 0 Å². The zero-order valence-corrected chi connectivity index (χ0v) is 16.5.